The number of aromatic amines is 1. The lowest BCUT2D eigenvalue weighted by Gasteiger charge is -2.22. The molecule has 1 unspecified atom stereocenters. The van der Waals surface area contributed by atoms with E-state index in [1.807, 2.05) is 0 Å². The predicted molar refractivity (Wildman–Crippen MR) is 65.1 cm³/mol. The molecule has 0 aromatic carbocycles. The van der Waals surface area contributed by atoms with Gasteiger partial charge in [0.15, 0.2) is 0 Å². The van der Waals surface area contributed by atoms with Crippen molar-refractivity contribution >= 4 is 5.97 Å². The molecule has 0 amide bonds. The highest BCUT2D eigenvalue weighted by molar-refractivity contribution is 5.67. The molecule has 2 heterocycles. The summed E-state index contributed by atoms with van der Waals surface area (Å²) < 4.78 is 10.7. The van der Waals surface area contributed by atoms with Gasteiger partial charge in [0.1, 0.15) is 11.9 Å². The summed E-state index contributed by atoms with van der Waals surface area (Å²) in [6, 6.07) is 0. The van der Waals surface area contributed by atoms with Gasteiger partial charge in [-0.05, 0) is 13.3 Å². The molecule has 1 saturated heterocycles. The Morgan fingerprint density at radius 1 is 1.53 bits per heavy atom. The molecule has 104 valence electrons. The molecule has 1 fully saturated rings. The van der Waals surface area contributed by atoms with Crippen LogP contribution in [0.4, 0.5) is 0 Å². The number of ether oxygens (including phenoxy) is 2. The predicted octanol–water partition coefficient (Wildman–Crippen LogP) is 0.183. The molecule has 19 heavy (non-hydrogen) atoms. The summed E-state index contributed by atoms with van der Waals surface area (Å²) >= 11 is 0. The SMILES string of the molecule is Cc1nc(C2COCCO2)[nH]c(=O)c1CCC(=O)O. The minimum atomic E-state index is -0.938. The normalized spacial score (nSPS) is 19.3. The maximum absolute atomic E-state index is 11.9. The van der Waals surface area contributed by atoms with E-state index < -0.39 is 5.97 Å². The lowest BCUT2D eigenvalue weighted by atomic mass is 10.1. The summed E-state index contributed by atoms with van der Waals surface area (Å²) in [4.78, 5) is 29.4. The van der Waals surface area contributed by atoms with Gasteiger partial charge in [0.05, 0.1) is 19.8 Å². The second-order valence-electron chi connectivity index (χ2n) is 4.34. The monoisotopic (exact) mass is 268 g/mol. The van der Waals surface area contributed by atoms with Crippen LogP contribution in [0.3, 0.4) is 0 Å². The quantitative estimate of drug-likeness (QED) is 0.808. The van der Waals surface area contributed by atoms with E-state index >= 15 is 0 Å². The van der Waals surface area contributed by atoms with Gasteiger partial charge >= 0.3 is 5.97 Å². The number of aryl methyl sites for hydroxylation is 1. The van der Waals surface area contributed by atoms with Crippen LogP contribution in [-0.4, -0.2) is 40.9 Å². The molecular formula is C12H16N2O5. The van der Waals surface area contributed by atoms with Crippen LogP contribution >= 0.6 is 0 Å². The van der Waals surface area contributed by atoms with E-state index in [0.29, 0.717) is 36.9 Å². The molecule has 2 rings (SSSR count). The Kier molecular flexibility index (Phi) is 4.28. The number of hydrogen-bond acceptors (Lipinski definition) is 5. The second-order valence-corrected chi connectivity index (χ2v) is 4.34. The van der Waals surface area contributed by atoms with E-state index in [0.717, 1.165) is 0 Å². The van der Waals surface area contributed by atoms with Crippen molar-refractivity contribution in [2.24, 2.45) is 0 Å². The molecule has 7 heteroatoms. The summed E-state index contributed by atoms with van der Waals surface area (Å²) in [5.41, 5.74) is 0.634. The number of rotatable bonds is 4. The van der Waals surface area contributed by atoms with Gasteiger partial charge in [-0.25, -0.2) is 4.98 Å². The highest BCUT2D eigenvalue weighted by Crippen LogP contribution is 2.17. The van der Waals surface area contributed by atoms with Crippen LogP contribution in [0.5, 0.6) is 0 Å². The molecule has 1 aromatic rings. The molecule has 2 N–H and O–H groups in total. The number of carboxylic acids is 1. The summed E-state index contributed by atoms with van der Waals surface area (Å²) in [5.74, 6) is -0.506. The van der Waals surface area contributed by atoms with Crippen molar-refractivity contribution in [1.82, 2.24) is 9.97 Å². The molecule has 0 saturated carbocycles. The lowest BCUT2D eigenvalue weighted by molar-refractivity contribution is -0.136. The van der Waals surface area contributed by atoms with Crippen LogP contribution in [0.1, 0.15) is 29.6 Å². The van der Waals surface area contributed by atoms with Gasteiger partial charge in [-0.15, -0.1) is 0 Å². The fourth-order valence-corrected chi connectivity index (χ4v) is 1.96. The van der Waals surface area contributed by atoms with E-state index in [2.05, 4.69) is 9.97 Å². The number of nitrogens with one attached hydrogen (secondary N) is 1. The molecule has 0 spiro atoms. The standard InChI is InChI=1S/C12H16N2O5/c1-7-8(2-3-10(15)16)12(17)14-11(13-7)9-6-18-4-5-19-9/h9H,2-6H2,1H3,(H,15,16)(H,13,14,17). The fourth-order valence-electron chi connectivity index (χ4n) is 1.96. The van der Waals surface area contributed by atoms with Crippen LogP contribution in [0.25, 0.3) is 0 Å². The lowest BCUT2D eigenvalue weighted by Crippen LogP contribution is -2.28. The van der Waals surface area contributed by atoms with Crippen molar-refractivity contribution in [3.8, 4) is 0 Å². The Hall–Kier alpha value is -1.73. The number of carboxylic acid groups (broad SMARTS) is 1. The first-order valence-electron chi connectivity index (χ1n) is 6.08. The van der Waals surface area contributed by atoms with Gasteiger partial charge in [-0.1, -0.05) is 0 Å². The van der Waals surface area contributed by atoms with E-state index in [1.54, 1.807) is 6.92 Å². The second kappa shape index (κ2) is 5.94. The van der Waals surface area contributed by atoms with Gasteiger partial charge in [0, 0.05) is 17.7 Å². The molecule has 0 radical (unpaired) electrons. The van der Waals surface area contributed by atoms with Crippen LogP contribution in [0.15, 0.2) is 4.79 Å². The van der Waals surface area contributed by atoms with Crippen molar-refractivity contribution in [3.63, 3.8) is 0 Å². The smallest absolute Gasteiger partial charge is 0.303 e. The highest BCUT2D eigenvalue weighted by atomic mass is 16.6. The van der Waals surface area contributed by atoms with Crippen LogP contribution in [0.2, 0.25) is 0 Å². The first-order valence-corrected chi connectivity index (χ1v) is 6.08. The Bertz CT molecular complexity index is 519. The third-order valence-corrected chi connectivity index (χ3v) is 2.95. The summed E-state index contributed by atoms with van der Waals surface area (Å²) in [6.45, 7) is 3.06. The van der Waals surface area contributed by atoms with Crippen LogP contribution in [0, 0.1) is 6.92 Å². The third-order valence-electron chi connectivity index (χ3n) is 2.95. The van der Waals surface area contributed by atoms with Crippen molar-refractivity contribution in [2.45, 2.75) is 25.9 Å². The molecule has 1 atom stereocenters. The minimum absolute atomic E-state index is 0.0893. The van der Waals surface area contributed by atoms with Gasteiger partial charge in [-0.3, -0.25) is 9.59 Å². The van der Waals surface area contributed by atoms with Gasteiger partial charge in [0.2, 0.25) is 0 Å². The van der Waals surface area contributed by atoms with E-state index in [-0.39, 0.29) is 24.5 Å². The van der Waals surface area contributed by atoms with E-state index in [9.17, 15) is 9.59 Å². The van der Waals surface area contributed by atoms with Crippen molar-refractivity contribution < 1.29 is 19.4 Å². The number of aromatic nitrogens is 2. The van der Waals surface area contributed by atoms with E-state index in [4.69, 9.17) is 14.6 Å². The molecule has 1 aromatic heterocycles. The van der Waals surface area contributed by atoms with Gasteiger partial charge in [-0.2, -0.15) is 0 Å². The average Bonchev–Trinajstić information content (AvgIpc) is 2.38. The Balaban J connectivity index is 2.20. The molecule has 1 aliphatic rings. The zero-order valence-electron chi connectivity index (χ0n) is 10.6. The number of aliphatic carboxylic acids is 1. The van der Waals surface area contributed by atoms with Gasteiger partial charge in [0.25, 0.3) is 5.56 Å². The summed E-state index contributed by atoms with van der Waals surface area (Å²) in [7, 11) is 0. The third kappa shape index (κ3) is 3.39. The molecule has 0 aliphatic carbocycles. The largest absolute Gasteiger partial charge is 0.481 e. The Labute approximate surface area is 109 Å². The highest BCUT2D eigenvalue weighted by Gasteiger charge is 2.20. The van der Waals surface area contributed by atoms with Crippen molar-refractivity contribution in [3.05, 3.63) is 27.4 Å². The van der Waals surface area contributed by atoms with E-state index in [1.165, 1.54) is 0 Å². The number of nitrogens with zero attached hydrogens (tertiary/aromatic N) is 1. The maximum Gasteiger partial charge on any atom is 0.303 e. The minimum Gasteiger partial charge on any atom is -0.481 e. The zero-order valence-corrected chi connectivity index (χ0v) is 10.6. The first kappa shape index (κ1) is 13.7. The van der Waals surface area contributed by atoms with Crippen molar-refractivity contribution in [2.75, 3.05) is 19.8 Å². The maximum atomic E-state index is 11.9. The topological polar surface area (TPSA) is 102 Å². The number of carbonyl (C=O) groups is 1. The molecular weight excluding hydrogens is 252 g/mol. The van der Waals surface area contributed by atoms with Crippen LogP contribution < -0.4 is 5.56 Å². The molecule has 0 bridgehead atoms. The summed E-state index contributed by atoms with van der Waals surface area (Å²) in [5, 5.41) is 8.65. The number of hydrogen-bond donors (Lipinski definition) is 2. The van der Waals surface area contributed by atoms with Crippen LogP contribution in [-0.2, 0) is 20.7 Å². The average molecular weight is 268 g/mol. The molecule has 1 aliphatic heterocycles. The fraction of sp³-hybridized carbons (Fsp3) is 0.583. The Morgan fingerprint density at radius 3 is 2.89 bits per heavy atom. The van der Waals surface area contributed by atoms with Gasteiger partial charge < -0.3 is 19.6 Å². The summed E-state index contributed by atoms with van der Waals surface area (Å²) in [6.07, 6.45) is -0.284. The Morgan fingerprint density at radius 2 is 2.32 bits per heavy atom. The van der Waals surface area contributed by atoms with Crippen molar-refractivity contribution in [1.29, 1.82) is 0 Å². The molecule has 7 nitrogen and oxygen atoms in total. The first-order chi connectivity index (χ1) is 9.08. The zero-order chi connectivity index (χ0) is 13.8. The number of H-pyrrole nitrogens is 1.